The Morgan fingerprint density at radius 2 is 1.58 bits per heavy atom. The first-order chi connectivity index (χ1) is 15.5. The molecule has 0 saturated heterocycles. The lowest BCUT2D eigenvalue weighted by molar-refractivity contribution is 0.0696. The number of benzene rings is 2. The van der Waals surface area contributed by atoms with E-state index in [0.29, 0.717) is 61.1 Å². The van der Waals surface area contributed by atoms with Crippen molar-refractivity contribution >= 4 is 11.8 Å². The Bertz CT molecular complexity index is 979. The Balaban J connectivity index is 1.79. The molecule has 3 N–H and O–H groups in total. The van der Waals surface area contributed by atoms with Crippen LogP contribution in [0.1, 0.15) is 53.5 Å². The zero-order chi connectivity index (χ0) is 24.6. The number of aromatic carboxylic acids is 1. The number of ether oxygens (including phenoxy) is 3. The third kappa shape index (κ3) is 7.68. The van der Waals surface area contributed by atoms with Crippen molar-refractivity contribution in [1.29, 1.82) is 0 Å². The standard InChI is InChI=1S/C25H33NO7/c1-16-20(9-7-18(23(16)28)19(27)15-25(2,3)4)32-12-10-26-11-13-33-22-14-17(24(29)30)6-8-21(22)31-5/h6-9,14,26,28H,10-13,15H2,1-5H3,(H,29,30). The van der Waals surface area contributed by atoms with Crippen molar-refractivity contribution in [1.82, 2.24) is 5.32 Å². The summed E-state index contributed by atoms with van der Waals surface area (Å²) >= 11 is 0. The first kappa shape index (κ1) is 26.0. The van der Waals surface area contributed by atoms with Crippen LogP contribution in [0.2, 0.25) is 0 Å². The quantitative estimate of drug-likeness (QED) is 0.321. The van der Waals surface area contributed by atoms with Crippen LogP contribution in [-0.4, -0.2) is 55.4 Å². The fourth-order valence-electron chi connectivity index (χ4n) is 3.15. The van der Waals surface area contributed by atoms with Gasteiger partial charge in [0.25, 0.3) is 0 Å². The topological polar surface area (TPSA) is 114 Å². The van der Waals surface area contributed by atoms with Gasteiger partial charge in [-0.15, -0.1) is 0 Å². The highest BCUT2D eigenvalue weighted by molar-refractivity contribution is 5.99. The van der Waals surface area contributed by atoms with E-state index in [9.17, 15) is 14.7 Å². The lowest BCUT2D eigenvalue weighted by atomic mass is 9.87. The Morgan fingerprint density at radius 1 is 0.970 bits per heavy atom. The fraction of sp³-hybridized carbons (Fsp3) is 0.440. The van der Waals surface area contributed by atoms with Crippen molar-refractivity contribution in [2.24, 2.45) is 5.41 Å². The smallest absolute Gasteiger partial charge is 0.335 e. The van der Waals surface area contributed by atoms with Crippen LogP contribution in [0.3, 0.4) is 0 Å². The Morgan fingerprint density at radius 3 is 2.15 bits per heavy atom. The zero-order valence-electron chi connectivity index (χ0n) is 19.9. The molecule has 2 rings (SSSR count). The Labute approximate surface area is 194 Å². The number of aromatic hydroxyl groups is 1. The number of Topliss-reactive ketones (excluding diaryl/α,β-unsaturated/α-hetero) is 1. The van der Waals surface area contributed by atoms with Crippen LogP contribution in [0.15, 0.2) is 30.3 Å². The summed E-state index contributed by atoms with van der Waals surface area (Å²) in [6, 6.07) is 7.74. The number of carboxylic acid groups (broad SMARTS) is 1. The van der Waals surface area contributed by atoms with Crippen molar-refractivity contribution in [2.45, 2.75) is 34.1 Å². The number of methoxy groups -OCH3 is 1. The van der Waals surface area contributed by atoms with E-state index in [-0.39, 0.29) is 22.5 Å². The number of ketones is 1. The molecule has 180 valence electrons. The predicted octanol–water partition coefficient (Wildman–Crippen LogP) is 4.07. The van der Waals surface area contributed by atoms with Gasteiger partial charge in [-0.05, 0) is 42.7 Å². The van der Waals surface area contributed by atoms with Gasteiger partial charge in [0.05, 0.1) is 18.2 Å². The maximum atomic E-state index is 12.4. The van der Waals surface area contributed by atoms with E-state index in [1.807, 2.05) is 20.8 Å². The summed E-state index contributed by atoms with van der Waals surface area (Å²) in [5, 5.41) is 22.7. The minimum absolute atomic E-state index is 0.0411. The molecule has 33 heavy (non-hydrogen) atoms. The van der Waals surface area contributed by atoms with Gasteiger partial charge in [0.15, 0.2) is 17.3 Å². The number of phenols is 1. The van der Waals surface area contributed by atoms with E-state index >= 15 is 0 Å². The van der Waals surface area contributed by atoms with E-state index in [2.05, 4.69) is 5.32 Å². The molecule has 2 aromatic carbocycles. The van der Waals surface area contributed by atoms with Crippen LogP contribution < -0.4 is 19.5 Å². The SMILES string of the molecule is COc1ccc(C(=O)O)cc1OCCNCCOc1ccc(C(=O)CC(C)(C)C)c(O)c1C. The molecule has 0 spiro atoms. The van der Waals surface area contributed by atoms with Crippen molar-refractivity contribution in [3.05, 3.63) is 47.0 Å². The van der Waals surface area contributed by atoms with E-state index in [4.69, 9.17) is 19.3 Å². The molecule has 8 heteroatoms. The van der Waals surface area contributed by atoms with Gasteiger partial charge in [-0.3, -0.25) is 4.79 Å². The fourth-order valence-corrected chi connectivity index (χ4v) is 3.15. The van der Waals surface area contributed by atoms with E-state index in [0.717, 1.165) is 0 Å². The van der Waals surface area contributed by atoms with Gasteiger partial charge in [0.2, 0.25) is 0 Å². The molecule has 0 radical (unpaired) electrons. The number of carboxylic acids is 1. The number of nitrogens with one attached hydrogen (secondary N) is 1. The summed E-state index contributed by atoms with van der Waals surface area (Å²) in [5.41, 5.74) is 0.805. The van der Waals surface area contributed by atoms with Gasteiger partial charge in [-0.25, -0.2) is 4.79 Å². The second-order valence-electron chi connectivity index (χ2n) is 8.86. The zero-order valence-corrected chi connectivity index (χ0v) is 19.9. The van der Waals surface area contributed by atoms with Crippen LogP contribution >= 0.6 is 0 Å². The Hall–Kier alpha value is -3.26. The third-order valence-electron chi connectivity index (χ3n) is 4.86. The van der Waals surface area contributed by atoms with Crippen LogP contribution in [0.5, 0.6) is 23.0 Å². The highest BCUT2D eigenvalue weighted by Gasteiger charge is 2.21. The average Bonchev–Trinajstić information content (AvgIpc) is 2.74. The lowest BCUT2D eigenvalue weighted by Gasteiger charge is -2.18. The average molecular weight is 460 g/mol. The molecule has 0 atom stereocenters. The molecule has 0 aliphatic heterocycles. The van der Waals surface area contributed by atoms with Crippen molar-refractivity contribution in [3.8, 4) is 23.0 Å². The monoisotopic (exact) mass is 459 g/mol. The molecule has 0 saturated carbocycles. The highest BCUT2D eigenvalue weighted by Crippen LogP contribution is 2.33. The number of carbonyl (C=O) groups excluding carboxylic acids is 1. The van der Waals surface area contributed by atoms with Crippen molar-refractivity contribution < 1.29 is 34.0 Å². The lowest BCUT2D eigenvalue weighted by Crippen LogP contribution is -2.26. The predicted molar refractivity (Wildman–Crippen MR) is 125 cm³/mol. The van der Waals surface area contributed by atoms with Gasteiger partial charge in [-0.1, -0.05) is 20.8 Å². The summed E-state index contributed by atoms with van der Waals surface area (Å²) in [7, 11) is 1.49. The Kier molecular flexibility index (Phi) is 9.11. The summed E-state index contributed by atoms with van der Waals surface area (Å²) in [6.45, 7) is 9.36. The number of rotatable bonds is 12. The summed E-state index contributed by atoms with van der Waals surface area (Å²) in [5.74, 6) is 0.173. The molecule has 0 amide bonds. The second kappa shape index (κ2) is 11.6. The number of hydrogen-bond donors (Lipinski definition) is 3. The van der Waals surface area contributed by atoms with E-state index in [1.165, 1.54) is 19.2 Å². The molecule has 0 bridgehead atoms. The normalized spacial score (nSPS) is 11.2. The molecule has 0 heterocycles. The van der Waals surface area contributed by atoms with Gasteiger partial charge < -0.3 is 29.7 Å². The number of carbonyl (C=O) groups is 2. The van der Waals surface area contributed by atoms with Crippen LogP contribution in [-0.2, 0) is 0 Å². The first-order valence-corrected chi connectivity index (χ1v) is 10.8. The molecule has 0 fully saturated rings. The van der Waals surface area contributed by atoms with E-state index in [1.54, 1.807) is 25.1 Å². The van der Waals surface area contributed by atoms with Crippen LogP contribution in [0.25, 0.3) is 0 Å². The number of phenolic OH excluding ortho intramolecular Hbond substituents is 1. The van der Waals surface area contributed by atoms with Gasteiger partial charge in [-0.2, -0.15) is 0 Å². The summed E-state index contributed by atoms with van der Waals surface area (Å²) in [4.78, 5) is 23.6. The molecular weight excluding hydrogens is 426 g/mol. The minimum atomic E-state index is -1.04. The largest absolute Gasteiger partial charge is 0.507 e. The summed E-state index contributed by atoms with van der Waals surface area (Å²) < 4.78 is 16.6. The molecule has 0 aliphatic carbocycles. The molecular formula is C25H33NO7. The second-order valence-corrected chi connectivity index (χ2v) is 8.86. The molecule has 0 unspecified atom stereocenters. The maximum absolute atomic E-state index is 12.4. The third-order valence-corrected chi connectivity index (χ3v) is 4.86. The van der Waals surface area contributed by atoms with E-state index < -0.39 is 5.97 Å². The first-order valence-electron chi connectivity index (χ1n) is 10.8. The van der Waals surface area contributed by atoms with Crippen molar-refractivity contribution in [3.63, 3.8) is 0 Å². The van der Waals surface area contributed by atoms with Crippen molar-refractivity contribution in [2.75, 3.05) is 33.4 Å². The van der Waals surface area contributed by atoms with Crippen LogP contribution in [0, 0.1) is 12.3 Å². The van der Waals surface area contributed by atoms with Crippen LogP contribution in [0.4, 0.5) is 0 Å². The summed E-state index contributed by atoms with van der Waals surface area (Å²) in [6.07, 6.45) is 0.346. The van der Waals surface area contributed by atoms with Gasteiger partial charge in [0.1, 0.15) is 24.7 Å². The molecule has 0 aliphatic rings. The molecule has 2 aromatic rings. The minimum Gasteiger partial charge on any atom is -0.507 e. The van der Waals surface area contributed by atoms with Gasteiger partial charge in [0, 0.05) is 25.1 Å². The molecule has 8 nitrogen and oxygen atoms in total. The van der Waals surface area contributed by atoms with Gasteiger partial charge >= 0.3 is 5.97 Å². The molecule has 0 aromatic heterocycles. The highest BCUT2D eigenvalue weighted by atomic mass is 16.5. The number of hydrogen-bond acceptors (Lipinski definition) is 7. The maximum Gasteiger partial charge on any atom is 0.335 e.